The summed E-state index contributed by atoms with van der Waals surface area (Å²) in [5.41, 5.74) is 3.04. The Hall–Kier alpha value is -3.21. The van der Waals surface area contributed by atoms with Crippen LogP contribution >= 0.6 is 0 Å². The van der Waals surface area contributed by atoms with Crippen LogP contribution in [0.1, 0.15) is 54.2 Å². The summed E-state index contributed by atoms with van der Waals surface area (Å²) >= 11 is 0. The van der Waals surface area contributed by atoms with Crippen molar-refractivity contribution in [2.24, 2.45) is 5.92 Å². The van der Waals surface area contributed by atoms with E-state index in [2.05, 4.69) is 29.2 Å². The fourth-order valence-corrected chi connectivity index (χ4v) is 4.94. The molecule has 1 aromatic heterocycles. The van der Waals surface area contributed by atoms with Crippen LogP contribution in [0.5, 0.6) is 0 Å². The molecule has 0 unspecified atom stereocenters. The van der Waals surface area contributed by atoms with Crippen LogP contribution in [0.3, 0.4) is 0 Å². The highest BCUT2D eigenvalue weighted by Crippen LogP contribution is 2.31. The van der Waals surface area contributed by atoms with Crippen molar-refractivity contribution in [3.8, 4) is 0 Å². The van der Waals surface area contributed by atoms with E-state index in [9.17, 15) is 9.59 Å². The molecule has 0 bridgehead atoms. The van der Waals surface area contributed by atoms with Gasteiger partial charge in [0, 0.05) is 44.2 Å². The minimum atomic E-state index is 0.0237. The molecule has 1 aliphatic heterocycles. The van der Waals surface area contributed by atoms with Crippen molar-refractivity contribution < 1.29 is 9.59 Å². The number of benzene rings is 2. The summed E-state index contributed by atoms with van der Waals surface area (Å²) in [6, 6.07) is 19.0. The van der Waals surface area contributed by atoms with E-state index < -0.39 is 0 Å². The van der Waals surface area contributed by atoms with Crippen molar-refractivity contribution in [2.45, 2.75) is 51.6 Å². The van der Waals surface area contributed by atoms with Crippen molar-refractivity contribution in [3.63, 3.8) is 0 Å². The van der Waals surface area contributed by atoms with Gasteiger partial charge in [0.15, 0.2) is 0 Å². The molecule has 170 valence electrons. The molecule has 0 radical (unpaired) electrons. The molecule has 2 aromatic carbocycles. The third kappa shape index (κ3) is 4.92. The normalized spacial score (nSPS) is 16.7. The zero-order valence-electron chi connectivity index (χ0n) is 19.2. The number of hydrogen-bond donors (Lipinski definition) is 0. The largest absolute Gasteiger partial charge is 0.343 e. The fraction of sp³-hybridized carbons (Fsp3) is 0.393. The highest BCUT2D eigenvalue weighted by molar-refractivity contribution is 6.05. The minimum Gasteiger partial charge on any atom is -0.343 e. The van der Waals surface area contributed by atoms with Gasteiger partial charge in [0.05, 0.1) is 0 Å². The van der Waals surface area contributed by atoms with Gasteiger partial charge in [0.2, 0.25) is 5.91 Å². The van der Waals surface area contributed by atoms with Crippen LogP contribution in [0.15, 0.2) is 60.8 Å². The number of amides is 2. The van der Waals surface area contributed by atoms with Gasteiger partial charge in [0.25, 0.3) is 5.91 Å². The van der Waals surface area contributed by atoms with Crippen LogP contribution in [0.4, 0.5) is 0 Å². The monoisotopic (exact) mass is 441 g/mol. The number of piperidine rings is 1. The number of hydrogen-bond acceptors (Lipinski definition) is 3. The predicted molar refractivity (Wildman–Crippen MR) is 130 cm³/mol. The maximum atomic E-state index is 13.5. The third-order valence-corrected chi connectivity index (χ3v) is 7.08. The summed E-state index contributed by atoms with van der Waals surface area (Å²) in [5.74, 6) is 0.843. The molecular formula is C28H31N3O2. The molecule has 2 fully saturated rings. The van der Waals surface area contributed by atoms with Gasteiger partial charge >= 0.3 is 0 Å². The highest BCUT2D eigenvalue weighted by Gasteiger charge is 2.34. The van der Waals surface area contributed by atoms with Gasteiger partial charge < -0.3 is 9.80 Å². The molecule has 0 atom stereocenters. The maximum Gasteiger partial charge on any atom is 0.273 e. The van der Waals surface area contributed by atoms with E-state index >= 15 is 0 Å². The lowest BCUT2D eigenvalue weighted by molar-refractivity contribution is -0.130. The topological polar surface area (TPSA) is 53.5 Å². The minimum absolute atomic E-state index is 0.0237. The number of carbonyl (C=O) groups is 2. The first-order valence-corrected chi connectivity index (χ1v) is 12.1. The van der Waals surface area contributed by atoms with Crippen molar-refractivity contribution in [1.82, 2.24) is 14.8 Å². The Kier molecular flexibility index (Phi) is 6.12. The van der Waals surface area contributed by atoms with Crippen LogP contribution in [0, 0.1) is 5.92 Å². The van der Waals surface area contributed by atoms with E-state index in [4.69, 9.17) is 0 Å². The van der Waals surface area contributed by atoms with E-state index in [1.807, 2.05) is 40.1 Å². The fourth-order valence-electron chi connectivity index (χ4n) is 4.94. The number of nitrogens with zero attached hydrogens (tertiary/aromatic N) is 3. The Morgan fingerprint density at radius 2 is 1.64 bits per heavy atom. The smallest absolute Gasteiger partial charge is 0.273 e. The van der Waals surface area contributed by atoms with Crippen molar-refractivity contribution in [2.75, 3.05) is 13.1 Å². The number of pyridine rings is 1. The molecule has 5 heteroatoms. The molecular weight excluding hydrogens is 410 g/mol. The zero-order valence-corrected chi connectivity index (χ0v) is 19.2. The molecule has 0 N–H and O–H groups in total. The average Bonchev–Trinajstić information content (AvgIpc) is 3.68. The lowest BCUT2D eigenvalue weighted by Crippen LogP contribution is -2.37. The van der Waals surface area contributed by atoms with Gasteiger partial charge in [-0.05, 0) is 60.6 Å². The van der Waals surface area contributed by atoms with Crippen molar-refractivity contribution in [1.29, 1.82) is 0 Å². The van der Waals surface area contributed by atoms with Gasteiger partial charge in [-0.15, -0.1) is 0 Å². The SMILES string of the molecule is CC(=O)N1CCC(Cc2ccc(CN(C(=O)c3nccc4ccccc34)C3CC3)cc2)CC1. The molecule has 2 aliphatic rings. The lowest BCUT2D eigenvalue weighted by atomic mass is 9.90. The summed E-state index contributed by atoms with van der Waals surface area (Å²) in [5, 5.41) is 1.96. The van der Waals surface area contributed by atoms with Gasteiger partial charge in [-0.3, -0.25) is 14.6 Å². The summed E-state index contributed by atoms with van der Waals surface area (Å²) in [4.78, 5) is 33.4. The number of fused-ring (bicyclic) bond motifs is 1. The van der Waals surface area contributed by atoms with E-state index in [1.54, 1.807) is 13.1 Å². The average molecular weight is 442 g/mol. The lowest BCUT2D eigenvalue weighted by Gasteiger charge is -2.31. The summed E-state index contributed by atoms with van der Waals surface area (Å²) in [6.07, 6.45) is 7.06. The third-order valence-electron chi connectivity index (χ3n) is 7.08. The van der Waals surface area contributed by atoms with Crippen molar-refractivity contribution >= 4 is 22.6 Å². The van der Waals surface area contributed by atoms with E-state index in [1.165, 1.54) is 5.56 Å². The van der Waals surface area contributed by atoms with Crippen LogP contribution < -0.4 is 0 Å². The first-order chi connectivity index (χ1) is 16.1. The van der Waals surface area contributed by atoms with Gasteiger partial charge in [0.1, 0.15) is 5.69 Å². The Balaban J connectivity index is 1.26. The first kappa shape index (κ1) is 21.6. The van der Waals surface area contributed by atoms with Crippen LogP contribution in [-0.2, 0) is 17.8 Å². The molecule has 2 amide bonds. The van der Waals surface area contributed by atoms with E-state index in [0.717, 1.165) is 61.5 Å². The standard InChI is InChI=1S/C28H31N3O2/c1-20(32)30-16-13-22(14-17-30)18-21-6-8-23(9-7-21)19-31(25-10-11-25)28(33)27-26-5-3-2-4-24(26)12-15-29-27/h2-9,12,15,22,25H,10-11,13-14,16-19H2,1H3. The second-order valence-electron chi connectivity index (χ2n) is 9.51. The first-order valence-electron chi connectivity index (χ1n) is 12.1. The molecule has 1 aliphatic carbocycles. The van der Waals surface area contributed by atoms with Crippen LogP contribution in [0.2, 0.25) is 0 Å². The van der Waals surface area contributed by atoms with E-state index in [-0.39, 0.29) is 11.8 Å². The number of aromatic nitrogens is 1. The Morgan fingerprint density at radius 3 is 2.33 bits per heavy atom. The van der Waals surface area contributed by atoms with E-state index in [0.29, 0.717) is 24.2 Å². The van der Waals surface area contributed by atoms with Crippen molar-refractivity contribution in [3.05, 3.63) is 77.6 Å². The van der Waals surface area contributed by atoms with Crippen LogP contribution in [0.25, 0.3) is 10.8 Å². The summed E-state index contributed by atoms with van der Waals surface area (Å²) in [6.45, 7) is 4.02. The second-order valence-corrected chi connectivity index (χ2v) is 9.51. The molecule has 5 nitrogen and oxygen atoms in total. The molecule has 33 heavy (non-hydrogen) atoms. The van der Waals surface area contributed by atoms with Gasteiger partial charge in [-0.1, -0.05) is 48.5 Å². The number of likely N-dealkylation sites (tertiary alicyclic amines) is 1. The highest BCUT2D eigenvalue weighted by atomic mass is 16.2. The Morgan fingerprint density at radius 1 is 0.939 bits per heavy atom. The molecule has 2 heterocycles. The number of rotatable bonds is 6. The summed E-state index contributed by atoms with van der Waals surface area (Å²) in [7, 11) is 0. The maximum absolute atomic E-state index is 13.5. The summed E-state index contributed by atoms with van der Waals surface area (Å²) < 4.78 is 0. The predicted octanol–water partition coefficient (Wildman–Crippen LogP) is 4.84. The van der Waals surface area contributed by atoms with Gasteiger partial charge in [-0.2, -0.15) is 0 Å². The van der Waals surface area contributed by atoms with Crippen LogP contribution in [-0.4, -0.2) is 45.7 Å². The zero-order chi connectivity index (χ0) is 22.8. The quantitative estimate of drug-likeness (QED) is 0.550. The molecule has 5 rings (SSSR count). The molecule has 3 aromatic rings. The second kappa shape index (κ2) is 9.34. The molecule has 1 saturated carbocycles. The molecule has 0 spiro atoms. The van der Waals surface area contributed by atoms with Gasteiger partial charge in [-0.25, -0.2) is 0 Å². The Labute approximate surface area is 195 Å². The Bertz CT molecular complexity index is 1140. The molecule has 1 saturated heterocycles. The number of carbonyl (C=O) groups excluding carboxylic acids is 2.